The SMILES string of the molecule is NC1CCC(C(=O)NC2CCN(CC(=O)Nc3ccccc3)CC2)C1. The molecule has 136 valence electrons. The van der Waals surface area contributed by atoms with Crippen LogP contribution in [0.4, 0.5) is 5.69 Å². The highest BCUT2D eigenvalue weighted by molar-refractivity contribution is 5.92. The summed E-state index contributed by atoms with van der Waals surface area (Å²) in [7, 11) is 0. The lowest BCUT2D eigenvalue weighted by Crippen LogP contribution is -2.47. The van der Waals surface area contributed by atoms with Crippen LogP contribution in [-0.2, 0) is 9.59 Å². The number of carbonyl (C=O) groups excluding carboxylic acids is 2. The summed E-state index contributed by atoms with van der Waals surface area (Å²) < 4.78 is 0. The van der Waals surface area contributed by atoms with Crippen LogP contribution in [0.25, 0.3) is 0 Å². The summed E-state index contributed by atoms with van der Waals surface area (Å²) in [6.07, 6.45) is 4.45. The first-order valence-corrected chi connectivity index (χ1v) is 9.23. The largest absolute Gasteiger partial charge is 0.353 e. The van der Waals surface area contributed by atoms with E-state index in [0.717, 1.165) is 50.9 Å². The Kier molecular flexibility index (Phi) is 6.04. The van der Waals surface area contributed by atoms with Crippen molar-refractivity contribution in [2.75, 3.05) is 25.0 Å². The third kappa shape index (κ3) is 5.28. The van der Waals surface area contributed by atoms with E-state index < -0.39 is 0 Å². The van der Waals surface area contributed by atoms with E-state index in [0.29, 0.717) is 6.54 Å². The Morgan fingerprint density at radius 1 is 1.08 bits per heavy atom. The fraction of sp³-hybridized carbons (Fsp3) is 0.579. The van der Waals surface area contributed by atoms with Gasteiger partial charge in [-0.2, -0.15) is 0 Å². The van der Waals surface area contributed by atoms with Crippen LogP contribution >= 0.6 is 0 Å². The molecule has 0 aromatic heterocycles. The fourth-order valence-corrected chi connectivity index (χ4v) is 3.73. The van der Waals surface area contributed by atoms with Crippen molar-refractivity contribution in [3.05, 3.63) is 30.3 Å². The van der Waals surface area contributed by atoms with Crippen LogP contribution in [-0.4, -0.2) is 48.4 Å². The fourth-order valence-electron chi connectivity index (χ4n) is 3.73. The molecule has 1 saturated carbocycles. The summed E-state index contributed by atoms with van der Waals surface area (Å²) >= 11 is 0. The second-order valence-electron chi connectivity index (χ2n) is 7.24. The summed E-state index contributed by atoms with van der Waals surface area (Å²) in [5, 5.41) is 6.09. The molecule has 0 bridgehead atoms. The molecule has 1 aliphatic carbocycles. The van der Waals surface area contributed by atoms with Crippen LogP contribution in [0.15, 0.2) is 30.3 Å². The van der Waals surface area contributed by atoms with Gasteiger partial charge in [0.2, 0.25) is 11.8 Å². The molecule has 2 atom stereocenters. The van der Waals surface area contributed by atoms with Gasteiger partial charge in [-0.1, -0.05) is 18.2 Å². The quantitative estimate of drug-likeness (QED) is 0.752. The van der Waals surface area contributed by atoms with Gasteiger partial charge in [-0.3, -0.25) is 14.5 Å². The van der Waals surface area contributed by atoms with E-state index in [2.05, 4.69) is 15.5 Å². The minimum absolute atomic E-state index is 0.00799. The van der Waals surface area contributed by atoms with Gasteiger partial charge in [0.1, 0.15) is 0 Å². The lowest BCUT2D eigenvalue weighted by atomic mass is 10.0. The monoisotopic (exact) mass is 344 g/mol. The zero-order chi connectivity index (χ0) is 17.6. The van der Waals surface area contributed by atoms with E-state index in [1.54, 1.807) is 0 Å². The second kappa shape index (κ2) is 8.45. The molecule has 6 nitrogen and oxygen atoms in total. The minimum Gasteiger partial charge on any atom is -0.353 e. The number of piperidine rings is 1. The second-order valence-corrected chi connectivity index (χ2v) is 7.24. The van der Waals surface area contributed by atoms with Gasteiger partial charge < -0.3 is 16.4 Å². The van der Waals surface area contributed by atoms with Gasteiger partial charge in [0, 0.05) is 36.8 Å². The van der Waals surface area contributed by atoms with Crippen LogP contribution < -0.4 is 16.4 Å². The Labute approximate surface area is 149 Å². The molecule has 1 heterocycles. The topological polar surface area (TPSA) is 87.5 Å². The number of nitrogens with zero attached hydrogens (tertiary/aromatic N) is 1. The molecule has 2 aliphatic rings. The van der Waals surface area contributed by atoms with Crippen molar-refractivity contribution in [3.63, 3.8) is 0 Å². The molecule has 4 N–H and O–H groups in total. The average molecular weight is 344 g/mol. The first-order valence-electron chi connectivity index (χ1n) is 9.23. The van der Waals surface area contributed by atoms with E-state index in [1.165, 1.54) is 0 Å². The molecule has 1 aliphatic heterocycles. The van der Waals surface area contributed by atoms with Crippen molar-refractivity contribution in [2.45, 2.75) is 44.2 Å². The molecule has 1 saturated heterocycles. The average Bonchev–Trinajstić information content (AvgIpc) is 3.04. The van der Waals surface area contributed by atoms with Crippen LogP contribution in [0.2, 0.25) is 0 Å². The molecule has 0 radical (unpaired) electrons. The summed E-state index contributed by atoms with van der Waals surface area (Å²) in [6.45, 7) is 2.06. The van der Waals surface area contributed by atoms with Gasteiger partial charge in [-0.25, -0.2) is 0 Å². The summed E-state index contributed by atoms with van der Waals surface area (Å²) in [5.74, 6) is 0.256. The number of amides is 2. The van der Waals surface area contributed by atoms with E-state index in [4.69, 9.17) is 5.73 Å². The smallest absolute Gasteiger partial charge is 0.238 e. The van der Waals surface area contributed by atoms with E-state index in [9.17, 15) is 9.59 Å². The van der Waals surface area contributed by atoms with Gasteiger partial charge in [0.15, 0.2) is 0 Å². The number of rotatable bonds is 5. The lowest BCUT2D eigenvalue weighted by Gasteiger charge is -2.32. The number of para-hydroxylation sites is 1. The molecule has 2 unspecified atom stereocenters. The Hall–Kier alpha value is -1.92. The molecule has 2 amide bonds. The predicted molar refractivity (Wildman–Crippen MR) is 98.0 cm³/mol. The molecule has 25 heavy (non-hydrogen) atoms. The molecule has 1 aromatic carbocycles. The van der Waals surface area contributed by atoms with Crippen molar-refractivity contribution in [2.24, 2.45) is 11.7 Å². The molecule has 0 spiro atoms. The molecular formula is C19H28N4O2. The Bertz CT molecular complexity index is 584. The number of likely N-dealkylation sites (tertiary alicyclic amines) is 1. The number of carbonyl (C=O) groups is 2. The Morgan fingerprint density at radius 2 is 1.80 bits per heavy atom. The highest BCUT2D eigenvalue weighted by Gasteiger charge is 2.30. The minimum atomic E-state index is 0.00799. The number of hydrogen-bond acceptors (Lipinski definition) is 4. The maximum absolute atomic E-state index is 12.3. The van der Waals surface area contributed by atoms with E-state index in [1.807, 2.05) is 30.3 Å². The third-order valence-electron chi connectivity index (χ3n) is 5.20. The highest BCUT2D eigenvalue weighted by Crippen LogP contribution is 2.24. The Morgan fingerprint density at radius 3 is 2.44 bits per heavy atom. The van der Waals surface area contributed by atoms with Gasteiger partial charge in [-0.05, 0) is 44.2 Å². The third-order valence-corrected chi connectivity index (χ3v) is 5.20. The van der Waals surface area contributed by atoms with E-state index in [-0.39, 0.29) is 29.8 Å². The Balaban J connectivity index is 1.37. The molecule has 1 aromatic rings. The van der Waals surface area contributed by atoms with Crippen molar-refractivity contribution in [3.8, 4) is 0 Å². The number of benzene rings is 1. The van der Waals surface area contributed by atoms with Crippen LogP contribution in [0.5, 0.6) is 0 Å². The van der Waals surface area contributed by atoms with Crippen LogP contribution in [0, 0.1) is 5.92 Å². The first kappa shape index (κ1) is 17.9. The molecular weight excluding hydrogens is 316 g/mol. The number of nitrogens with two attached hydrogens (primary N) is 1. The normalized spacial score (nSPS) is 24.8. The summed E-state index contributed by atoms with van der Waals surface area (Å²) in [5.41, 5.74) is 6.71. The van der Waals surface area contributed by atoms with Gasteiger partial charge in [0.05, 0.1) is 6.54 Å². The standard InChI is InChI=1S/C19H28N4O2/c20-15-7-6-14(12-15)19(25)22-17-8-10-23(11-9-17)13-18(24)21-16-4-2-1-3-5-16/h1-5,14-15,17H,6-13,20H2,(H,21,24)(H,22,25). The number of anilines is 1. The zero-order valence-corrected chi connectivity index (χ0v) is 14.6. The van der Waals surface area contributed by atoms with Crippen molar-refractivity contribution < 1.29 is 9.59 Å². The van der Waals surface area contributed by atoms with Gasteiger partial charge in [-0.15, -0.1) is 0 Å². The summed E-state index contributed by atoms with van der Waals surface area (Å²) in [4.78, 5) is 26.5. The van der Waals surface area contributed by atoms with Gasteiger partial charge >= 0.3 is 0 Å². The van der Waals surface area contributed by atoms with Crippen molar-refractivity contribution in [1.82, 2.24) is 10.2 Å². The van der Waals surface area contributed by atoms with Crippen LogP contribution in [0.1, 0.15) is 32.1 Å². The maximum Gasteiger partial charge on any atom is 0.238 e. The number of nitrogens with one attached hydrogen (secondary N) is 2. The lowest BCUT2D eigenvalue weighted by molar-refractivity contribution is -0.126. The van der Waals surface area contributed by atoms with E-state index >= 15 is 0 Å². The highest BCUT2D eigenvalue weighted by atomic mass is 16.2. The zero-order valence-electron chi connectivity index (χ0n) is 14.6. The van der Waals surface area contributed by atoms with Crippen molar-refractivity contribution in [1.29, 1.82) is 0 Å². The molecule has 6 heteroatoms. The molecule has 3 rings (SSSR count). The number of hydrogen-bond donors (Lipinski definition) is 3. The van der Waals surface area contributed by atoms with Crippen LogP contribution in [0.3, 0.4) is 0 Å². The maximum atomic E-state index is 12.3. The van der Waals surface area contributed by atoms with Gasteiger partial charge in [0.25, 0.3) is 0 Å². The molecule has 2 fully saturated rings. The summed E-state index contributed by atoms with van der Waals surface area (Å²) in [6, 6.07) is 9.90. The predicted octanol–water partition coefficient (Wildman–Crippen LogP) is 1.33. The first-order chi connectivity index (χ1) is 12.1. The van der Waals surface area contributed by atoms with Crippen molar-refractivity contribution >= 4 is 17.5 Å².